The minimum atomic E-state index is -8.18. The zero-order valence-electron chi connectivity index (χ0n) is 14.3. The predicted octanol–water partition coefficient (Wildman–Crippen LogP) is 5.43. The van der Waals surface area contributed by atoms with Crippen LogP contribution in [0.25, 0.3) is 0 Å². The van der Waals surface area contributed by atoms with Crippen LogP contribution in [0.2, 0.25) is 0 Å². The zero-order chi connectivity index (χ0) is 24.9. The third-order valence-electron chi connectivity index (χ3n) is 3.96. The number of aliphatic hydroxyl groups excluding tert-OH is 1. The van der Waals surface area contributed by atoms with E-state index in [0.717, 1.165) is 5.10 Å². The normalized spacial score (nSPS) is 15.5. The predicted molar refractivity (Wildman–Crippen MR) is 73.4 cm³/mol. The van der Waals surface area contributed by atoms with E-state index < -0.39 is 71.6 Å². The van der Waals surface area contributed by atoms with Gasteiger partial charge in [-0.3, -0.25) is 5.10 Å². The molecule has 31 heavy (non-hydrogen) atoms. The molecule has 1 heterocycles. The number of rotatable bonds is 10. The van der Waals surface area contributed by atoms with Gasteiger partial charge in [0.05, 0.1) is 6.20 Å². The van der Waals surface area contributed by atoms with Gasteiger partial charge in [0.15, 0.2) is 0 Å². The first-order valence-corrected chi connectivity index (χ1v) is 7.90. The summed E-state index contributed by atoms with van der Waals surface area (Å²) in [5.74, 6) is -45.9. The standard InChI is InChI=1S/C13H9ClF14N2O/c14-13(27,28)12(25,26)11(23,24)10(21,22)9(19,20)8(17,18)7(15,16)6-5(2-1-3-31)4-29-30-6/h4,31H,1-3H2,(H,29,30). The maximum atomic E-state index is 14.1. The fourth-order valence-corrected chi connectivity index (χ4v) is 2.28. The van der Waals surface area contributed by atoms with Crippen molar-refractivity contribution in [2.75, 3.05) is 6.61 Å². The van der Waals surface area contributed by atoms with Crippen molar-refractivity contribution in [2.45, 2.75) is 53.8 Å². The van der Waals surface area contributed by atoms with E-state index in [2.05, 4.69) is 16.7 Å². The van der Waals surface area contributed by atoms with Crippen LogP contribution in [0.15, 0.2) is 6.20 Å². The van der Waals surface area contributed by atoms with Gasteiger partial charge >= 0.3 is 40.9 Å². The van der Waals surface area contributed by atoms with E-state index in [9.17, 15) is 61.5 Å². The monoisotopic (exact) mass is 510 g/mol. The Balaban J connectivity index is 3.61. The molecule has 0 unspecified atom stereocenters. The van der Waals surface area contributed by atoms with E-state index in [4.69, 9.17) is 5.11 Å². The van der Waals surface area contributed by atoms with Gasteiger partial charge in [0.2, 0.25) is 0 Å². The average molecular weight is 511 g/mol. The first kappa shape index (κ1) is 27.5. The van der Waals surface area contributed by atoms with Crippen molar-refractivity contribution >= 4 is 11.6 Å². The molecule has 0 amide bonds. The van der Waals surface area contributed by atoms with Gasteiger partial charge in [0.25, 0.3) is 0 Å². The van der Waals surface area contributed by atoms with Gasteiger partial charge in [-0.15, -0.1) is 0 Å². The third-order valence-corrected chi connectivity index (χ3v) is 4.20. The molecule has 0 aliphatic rings. The lowest BCUT2D eigenvalue weighted by atomic mass is 9.89. The number of H-pyrrole nitrogens is 1. The van der Waals surface area contributed by atoms with E-state index in [-0.39, 0.29) is 0 Å². The molecule has 18 heteroatoms. The van der Waals surface area contributed by atoms with Crippen molar-refractivity contribution < 1.29 is 66.6 Å². The summed E-state index contributed by atoms with van der Waals surface area (Å²) in [4.78, 5) is 0. The Bertz CT molecular complexity index is 773. The van der Waals surface area contributed by atoms with Crippen LogP contribution >= 0.6 is 11.6 Å². The molecular formula is C13H9ClF14N2O. The number of aliphatic hydroxyl groups is 1. The molecule has 0 fully saturated rings. The third kappa shape index (κ3) is 3.80. The fraction of sp³-hybridized carbons (Fsp3) is 0.769. The molecule has 3 nitrogen and oxygen atoms in total. The van der Waals surface area contributed by atoms with Crippen molar-refractivity contribution in [3.8, 4) is 0 Å². The first-order chi connectivity index (χ1) is 13.6. The van der Waals surface area contributed by atoms with Crippen LogP contribution in [0.3, 0.4) is 0 Å². The van der Waals surface area contributed by atoms with Crippen molar-refractivity contribution in [3.63, 3.8) is 0 Å². The second-order valence-electron chi connectivity index (χ2n) is 6.04. The molecular weight excluding hydrogens is 502 g/mol. The second kappa shape index (κ2) is 7.81. The molecule has 0 saturated heterocycles. The molecule has 0 bridgehead atoms. The smallest absolute Gasteiger partial charge is 0.393 e. The van der Waals surface area contributed by atoms with E-state index in [1.165, 1.54) is 0 Å². The summed E-state index contributed by atoms with van der Waals surface area (Å²) in [6.45, 7) is -0.755. The highest BCUT2D eigenvalue weighted by Gasteiger charge is 2.93. The number of aromatic amines is 1. The summed E-state index contributed by atoms with van der Waals surface area (Å²) in [5, 5.41) is 5.75. The minimum absolute atomic E-state index is 0.322. The lowest BCUT2D eigenvalue weighted by Gasteiger charge is -2.41. The van der Waals surface area contributed by atoms with E-state index >= 15 is 0 Å². The molecule has 0 atom stereocenters. The molecule has 0 aliphatic carbocycles. The number of nitrogens with zero attached hydrogens (tertiary/aromatic N) is 1. The highest BCUT2D eigenvalue weighted by atomic mass is 35.5. The SMILES string of the molecule is OCCCc1cn[nH]c1C(F)(F)C(F)(F)C(F)(F)C(F)(F)C(F)(F)C(F)(F)C(F)(F)Cl. The van der Waals surface area contributed by atoms with Crippen LogP contribution in [-0.4, -0.2) is 56.9 Å². The number of hydrogen-bond donors (Lipinski definition) is 2. The van der Waals surface area contributed by atoms with Crippen molar-refractivity contribution in [2.24, 2.45) is 0 Å². The second-order valence-corrected chi connectivity index (χ2v) is 6.52. The summed E-state index contributed by atoms with van der Waals surface area (Å²) in [6.07, 6.45) is -0.916. The number of alkyl halides is 15. The Hall–Kier alpha value is -1.52. The summed E-state index contributed by atoms with van der Waals surface area (Å²) >= 11 is 3.51. The summed E-state index contributed by atoms with van der Waals surface area (Å²) in [7, 11) is 0. The highest BCUT2D eigenvalue weighted by Crippen LogP contribution is 2.64. The summed E-state index contributed by atoms with van der Waals surface area (Å²) in [6, 6.07) is 0. The fourth-order valence-electron chi connectivity index (χ4n) is 2.17. The molecule has 0 radical (unpaired) electrons. The van der Waals surface area contributed by atoms with Gasteiger partial charge in [0.1, 0.15) is 5.69 Å². The average Bonchev–Trinajstić information content (AvgIpc) is 3.07. The Morgan fingerprint density at radius 2 is 1.16 bits per heavy atom. The Labute approximate surface area is 167 Å². The van der Waals surface area contributed by atoms with E-state index in [0.29, 0.717) is 6.20 Å². The molecule has 0 spiro atoms. The van der Waals surface area contributed by atoms with Gasteiger partial charge in [-0.05, 0) is 30.0 Å². The highest BCUT2D eigenvalue weighted by molar-refractivity contribution is 6.22. The largest absolute Gasteiger partial charge is 0.396 e. The molecule has 1 aromatic heterocycles. The summed E-state index contributed by atoms with van der Waals surface area (Å²) in [5.41, 5.74) is -3.35. The van der Waals surface area contributed by atoms with Crippen molar-refractivity contribution in [1.29, 1.82) is 0 Å². The van der Waals surface area contributed by atoms with Gasteiger partial charge in [-0.1, -0.05) is 0 Å². The maximum Gasteiger partial charge on any atom is 0.393 e. The number of aryl methyl sites for hydroxylation is 1. The molecule has 182 valence electrons. The number of hydrogen-bond acceptors (Lipinski definition) is 2. The maximum absolute atomic E-state index is 14.1. The summed E-state index contributed by atoms with van der Waals surface area (Å²) < 4.78 is 188. The van der Waals surface area contributed by atoms with Gasteiger partial charge in [-0.25, -0.2) is 0 Å². The Kier molecular flexibility index (Phi) is 6.93. The van der Waals surface area contributed by atoms with Crippen LogP contribution in [0.4, 0.5) is 61.5 Å². The van der Waals surface area contributed by atoms with Crippen LogP contribution in [0, 0.1) is 0 Å². The first-order valence-electron chi connectivity index (χ1n) is 7.52. The van der Waals surface area contributed by atoms with E-state index in [1.807, 2.05) is 0 Å². The van der Waals surface area contributed by atoms with Crippen LogP contribution < -0.4 is 0 Å². The molecule has 0 aliphatic heterocycles. The molecule has 1 rings (SSSR count). The van der Waals surface area contributed by atoms with Crippen molar-refractivity contribution in [1.82, 2.24) is 10.2 Å². The molecule has 1 aromatic rings. The number of halogens is 15. The molecule has 0 aromatic carbocycles. The van der Waals surface area contributed by atoms with Gasteiger partial charge in [0, 0.05) is 6.61 Å². The lowest BCUT2D eigenvalue weighted by molar-refractivity contribution is -0.437. The Morgan fingerprint density at radius 1 is 0.742 bits per heavy atom. The van der Waals surface area contributed by atoms with Crippen molar-refractivity contribution in [3.05, 3.63) is 17.5 Å². The molecule has 0 saturated carbocycles. The quantitative estimate of drug-likeness (QED) is 0.326. The van der Waals surface area contributed by atoms with Gasteiger partial charge < -0.3 is 5.11 Å². The Morgan fingerprint density at radius 3 is 1.58 bits per heavy atom. The van der Waals surface area contributed by atoms with E-state index in [1.54, 1.807) is 0 Å². The lowest BCUT2D eigenvalue weighted by Crippen LogP contribution is -2.72. The van der Waals surface area contributed by atoms with Crippen LogP contribution in [0.1, 0.15) is 17.7 Å². The zero-order valence-corrected chi connectivity index (χ0v) is 15.0. The topological polar surface area (TPSA) is 48.9 Å². The number of nitrogens with one attached hydrogen (secondary N) is 1. The van der Waals surface area contributed by atoms with Crippen LogP contribution in [0.5, 0.6) is 0 Å². The number of aromatic nitrogens is 2. The minimum Gasteiger partial charge on any atom is -0.396 e. The van der Waals surface area contributed by atoms with Gasteiger partial charge in [-0.2, -0.15) is 66.6 Å². The van der Waals surface area contributed by atoms with Crippen LogP contribution in [-0.2, 0) is 12.3 Å². The molecule has 2 N–H and O–H groups in total.